The first-order chi connectivity index (χ1) is 17.2. The number of hydrogen-bond donors (Lipinski definition) is 2. The third-order valence-corrected chi connectivity index (χ3v) is 7.46. The normalized spacial score (nSPS) is 18.1. The van der Waals surface area contributed by atoms with Crippen LogP contribution in [0.2, 0.25) is 0 Å². The number of methoxy groups -OCH3 is 1. The maximum Gasteiger partial charge on any atom is 0.146 e. The summed E-state index contributed by atoms with van der Waals surface area (Å²) in [4.78, 5) is 8.25. The highest BCUT2D eigenvalue weighted by Crippen LogP contribution is 2.35. The predicted octanol–water partition coefficient (Wildman–Crippen LogP) is 5.29. The van der Waals surface area contributed by atoms with E-state index in [1.165, 1.54) is 39.4 Å². The average Bonchev–Trinajstić information content (AvgIpc) is 3.28. The van der Waals surface area contributed by atoms with E-state index in [2.05, 4.69) is 62.6 Å². The van der Waals surface area contributed by atoms with Gasteiger partial charge in [0.1, 0.15) is 11.6 Å². The van der Waals surface area contributed by atoms with Gasteiger partial charge in [-0.25, -0.2) is 4.39 Å². The van der Waals surface area contributed by atoms with E-state index in [1.807, 2.05) is 12.1 Å². The van der Waals surface area contributed by atoms with Gasteiger partial charge in [0.05, 0.1) is 18.8 Å². The molecule has 0 aliphatic carbocycles. The molecule has 1 atom stereocenters. The Labute approximate surface area is 217 Å². The van der Waals surface area contributed by atoms with Crippen molar-refractivity contribution < 1.29 is 9.13 Å². The smallest absolute Gasteiger partial charge is 0.146 e. The number of nitrogens with zero attached hydrogens (tertiary/aromatic N) is 2. The number of nitrogens with one attached hydrogen (secondary N) is 2. The number of anilines is 1. The Morgan fingerprint density at radius 1 is 0.972 bits per heavy atom. The quantitative estimate of drug-likeness (QED) is 0.386. The summed E-state index contributed by atoms with van der Waals surface area (Å²) >= 11 is 0. The molecule has 7 heteroatoms. The lowest BCUT2D eigenvalue weighted by Gasteiger charge is -2.36. The van der Waals surface area contributed by atoms with Gasteiger partial charge in [-0.05, 0) is 47.9 Å². The molecule has 0 radical (unpaired) electrons. The van der Waals surface area contributed by atoms with Crippen molar-refractivity contribution in [3.8, 4) is 5.75 Å². The van der Waals surface area contributed by atoms with Gasteiger partial charge in [0.2, 0.25) is 0 Å². The minimum Gasteiger partial charge on any atom is -0.496 e. The lowest BCUT2D eigenvalue weighted by molar-refractivity contribution is 0.245. The molecule has 0 amide bonds. The second-order valence-electron chi connectivity index (χ2n) is 9.49. The van der Waals surface area contributed by atoms with Crippen LogP contribution < -0.4 is 15.0 Å². The first kappa shape index (κ1) is 24.6. The summed E-state index contributed by atoms with van der Waals surface area (Å²) in [5.74, 6) is 0.768. The number of piperazine rings is 1. The Bertz CT molecular complexity index is 1350. The van der Waals surface area contributed by atoms with Crippen LogP contribution in [0.1, 0.15) is 28.4 Å². The highest BCUT2D eigenvalue weighted by Gasteiger charge is 2.26. The highest BCUT2D eigenvalue weighted by atomic mass is 35.5. The summed E-state index contributed by atoms with van der Waals surface area (Å²) in [6, 6.07) is 22.3. The third-order valence-electron chi connectivity index (χ3n) is 7.46. The molecule has 6 rings (SSSR count). The molecule has 2 aliphatic heterocycles. The largest absolute Gasteiger partial charge is 0.496 e. The molecule has 5 nitrogen and oxygen atoms in total. The molecule has 3 aromatic carbocycles. The van der Waals surface area contributed by atoms with Gasteiger partial charge in [0.15, 0.2) is 0 Å². The van der Waals surface area contributed by atoms with Crippen molar-refractivity contribution in [2.24, 2.45) is 0 Å². The molecule has 1 aromatic heterocycles. The molecule has 1 unspecified atom stereocenters. The second kappa shape index (κ2) is 10.5. The molecule has 36 heavy (non-hydrogen) atoms. The number of rotatable bonds is 5. The number of aromatic amines is 1. The topological polar surface area (TPSA) is 43.5 Å². The average molecular weight is 507 g/mol. The summed E-state index contributed by atoms with van der Waals surface area (Å²) in [7, 11) is 1.74. The molecule has 3 heterocycles. The molecule has 0 spiro atoms. The fourth-order valence-electron chi connectivity index (χ4n) is 5.66. The molecule has 1 fully saturated rings. The summed E-state index contributed by atoms with van der Waals surface area (Å²) < 4.78 is 20.0. The summed E-state index contributed by atoms with van der Waals surface area (Å²) in [6.45, 7) is 5.16. The molecule has 2 N–H and O–H groups in total. The standard InChI is InChI=1S/C29H31FN4O.ClH/c1-35-27-11-10-20(28-29-23(12-13-31-28)22-6-2-4-8-25(22)32-29)18-21(27)19-33-14-16-34(17-15-33)26-9-5-3-7-24(26)30;/h2-11,18,28,31-32H,12-17,19H2,1H3;1H. The molecule has 0 saturated carbocycles. The number of ether oxygens (including phenoxy) is 1. The second-order valence-corrected chi connectivity index (χ2v) is 9.49. The Morgan fingerprint density at radius 3 is 2.56 bits per heavy atom. The van der Waals surface area contributed by atoms with E-state index in [4.69, 9.17) is 4.74 Å². The number of halogens is 2. The lowest BCUT2D eigenvalue weighted by Crippen LogP contribution is -2.46. The Kier molecular flexibility index (Phi) is 7.19. The van der Waals surface area contributed by atoms with E-state index >= 15 is 0 Å². The van der Waals surface area contributed by atoms with Crippen LogP contribution in [-0.2, 0) is 13.0 Å². The van der Waals surface area contributed by atoms with Crippen LogP contribution in [0.3, 0.4) is 0 Å². The molecule has 1 saturated heterocycles. The van der Waals surface area contributed by atoms with Crippen LogP contribution in [0.5, 0.6) is 5.75 Å². The lowest BCUT2D eigenvalue weighted by atomic mass is 9.93. The minimum atomic E-state index is -0.147. The number of benzene rings is 3. The van der Waals surface area contributed by atoms with Gasteiger partial charge in [-0.15, -0.1) is 12.4 Å². The van der Waals surface area contributed by atoms with Crippen molar-refractivity contribution in [1.29, 1.82) is 0 Å². The zero-order valence-electron chi connectivity index (χ0n) is 20.5. The van der Waals surface area contributed by atoms with E-state index in [-0.39, 0.29) is 24.3 Å². The number of aromatic nitrogens is 1. The van der Waals surface area contributed by atoms with E-state index in [9.17, 15) is 4.39 Å². The van der Waals surface area contributed by atoms with Crippen LogP contribution in [0.15, 0.2) is 66.7 Å². The van der Waals surface area contributed by atoms with E-state index in [0.717, 1.165) is 51.4 Å². The van der Waals surface area contributed by atoms with Crippen molar-refractivity contribution in [2.45, 2.75) is 19.0 Å². The first-order valence-corrected chi connectivity index (χ1v) is 12.4. The first-order valence-electron chi connectivity index (χ1n) is 12.4. The monoisotopic (exact) mass is 506 g/mol. The van der Waals surface area contributed by atoms with Crippen LogP contribution in [0.4, 0.5) is 10.1 Å². The maximum absolute atomic E-state index is 14.2. The molecule has 188 valence electrons. The number of hydrogen-bond acceptors (Lipinski definition) is 4. The predicted molar refractivity (Wildman–Crippen MR) is 146 cm³/mol. The van der Waals surface area contributed by atoms with Gasteiger partial charge in [-0.2, -0.15) is 0 Å². The van der Waals surface area contributed by atoms with Crippen LogP contribution in [0, 0.1) is 5.82 Å². The highest BCUT2D eigenvalue weighted by molar-refractivity contribution is 5.85. The van der Waals surface area contributed by atoms with Crippen LogP contribution >= 0.6 is 12.4 Å². The van der Waals surface area contributed by atoms with Gasteiger partial charge >= 0.3 is 0 Å². The molecular formula is C29H32ClFN4O. The SMILES string of the molecule is COc1ccc(C2NCCc3c2[nH]c2ccccc32)cc1CN1CCN(c2ccccc2F)CC1.Cl. The fraction of sp³-hybridized carbons (Fsp3) is 0.310. The molecule has 2 aliphatic rings. The van der Waals surface area contributed by atoms with Crippen molar-refractivity contribution in [2.75, 3.05) is 44.7 Å². The third kappa shape index (κ3) is 4.57. The minimum absolute atomic E-state index is 0. The number of H-pyrrole nitrogens is 1. The molecule has 0 bridgehead atoms. The van der Waals surface area contributed by atoms with E-state index < -0.39 is 0 Å². The van der Waals surface area contributed by atoms with E-state index in [0.29, 0.717) is 5.69 Å². The molecule has 4 aromatic rings. The van der Waals surface area contributed by atoms with Crippen LogP contribution in [-0.4, -0.2) is 49.7 Å². The fourth-order valence-corrected chi connectivity index (χ4v) is 5.66. The van der Waals surface area contributed by atoms with Crippen molar-refractivity contribution in [3.63, 3.8) is 0 Å². The Balaban J connectivity index is 0.00000267. The summed E-state index contributed by atoms with van der Waals surface area (Å²) in [6.07, 6.45) is 1.03. The maximum atomic E-state index is 14.2. The van der Waals surface area contributed by atoms with Crippen LogP contribution in [0.25, 0.3) is 10.9 Å². The van der Waals surface area contributed by atoms with Gasteiger partial charge in [-0.3, -0.25) is 4.90 Å². The zero-order chi connectivity index (χ0) is 23.8. The molecular weight excluding hydrogens is 475 g/mol. The van der Waals surface area contributed by atoms with Crippen molar-refractivity contribution in [1.82, 2.24) is 15.2 Å². The van der Waals surface area contributed by atoms with Gasteiger partial charge in [0.25, 0.3) is 0 Å². The van der Waals surface area contributed by atoms with Gasteiger partial charge in [0, 0.05) is 61.4 Å². The number of fused-ring (bicyclic) bond motifs is 3. The zero-order valence-corrected chi connectivity index (χ0v) is 21.3. The van der Waals surface area contributed by atoms with E-state index in [1.54, 1.807) is 13.2 Å². The van der Waals surface area contributed by atoms with Gasteiger partial charge in [-0.1, -0.05) is 36.4 Å². The number of para-hydroxylation sites is 2. The Hall–Kier alpha value is -3.06. The Morgan fingerprint density at radius 2 is 1.75 bits per heavy atom. The van der Waals surface area contributed by atoms with Crippen molar-refractivity contribution >= 4 is 29.0 Å². The van der Waals surface area contributed by atoms with Gasteiger partial charge < -0.3 is 19.9 Å². The summed E-state index contributed by atoms with van der Waals surface area (Å²) in [5.41, 5.74) is 7.03. The summed E-state index contributed by atoms with van der Waals surface area (Å²) in [5, 5.41) is 5.05. The van der Waals surface area contributed by atoms with Crippen molar-refractivity contribution in [3.05, 3.63) is 94.9 Å².